The minimum atomic E-state index is -0.649. The molecule has 0 bridgehead atoms. The van der Waals surface area contributed by atoms with Crippen molar-refractivity contribution in [3.05, 3.63) is 44.0 Å². The van der Waals surface area contributed by atoms with Crippen LogP contribution in [0.1, 0.15) is 18.1 Å². The van der Waals surface area contributed by atoms with Crippen molar-refractivity contribution < 1.29 is 4.79 Å². The van der Waals surface area contributed by atoms with Gasteiger partial charge >= 0.3 is 11.1 Å². The fourth-order valence-corrected chi connectivity index (χ4v) is 2.69. The van der Waals surface area contributed by atoms with E-state index in [1.807, 2.05) is 6.07 Å². The molecular weight excluding hydrogens is 246 g/mol. The maximum atomic E-state index is 11.4. The number of fused-ring (bicyclic) bond motifs is 3. The van der Waals surface area contributed by atoms with Crippen molar-refractivity contribution in [1.82, 2.24) is 15.3 Å². The van der Waals surface area contributed by atoms with E-state index in [1.54, 1.807) is 6.07 Å². The summed E-state index contributed by atoms with van der Waals surface area (Å²) in [6.07, 6.45) is 1.40. The second kappa shape index (κ2) is 4.08. The van der Waals surface area contributed by atoms with Gasteiger partial charge in [0.05, 0.1) is 11.0 Å². The molecule has 1 amide bonds. The zero-order chi connectivity index (χ0) is 13.6. The third-order valence-electron chi connectivity index (χ3n) is 3.43. The van der Waals surface area contributed by atoms with Crippen LogP contribution in [0, 0.1) is 0 Å². The molecule has 3 rings (SSSR count). The Labute approximate surface area is 107 Å². The van der Waals surface area contributed by atoms with Crippen LogP contribution >= 0.6 is 0 Å². The monoisotopic (exact) mass is 259 g/mol. The predicted octanol–water partition coefficient (Wildman–Crippen LogP) is -0.180. The third-order valence-corrected chi connectivity index (χ3v) is 3.43. The summed E-state index contributed by atoms with van der Waals surface area (Å²) in [4.78, 5) is 39.0. The van der Waals surface area contributed by atoms with Gasteiger partial charge < -0.3 is 15.3 Å². The Morgan fingerprint density at radius 3 is 2.68 bits per heavy atom. The molecule has 0 saturated carbocycles. The normalized spacial score (nSPS) is 17.4. The first-order chi connectivity index (χ1) is 9.04. The molecule has 6 heteroatoms. The van der Waals surface area contributed by atoms with Crippen molar-refractivity contribution in [2.75, 3.05) is 0 Å². The van der Waals surface area contributed by atoms with E-state index in [2.05, 4.69) is 15.3 Å². The molecule has 2 aromatic rings. The lowest BCUT2D eigenvalue weighted by atomic mass is 10.1. The molecule has 0 radical (unpaired) electrons. The molecule has 0 fully saturated rings. The number of benzene rings is 1. The number of aromatic amines is 2. The van der Waals surface area contributed by atoms with Crippen LogP contribution in [0.5, 0.6) is 0 Å². The van der Waals surface area contributed by atoms with Crippen molar-refractivity contribution in [2.45, 2.75) is 25.8 Å². The summed E-state index contributed by atoms with van der Waals surface area (Å²) in [6.45, 7) is 1.49. The molecule has 1 aliphatic carbocycles. The highest BCUT2D eigenvalue weighted by atomic mass is 16.2. The van der Waals surface area contributed by atoms with Crippen molar-refractivity contribution in [2.24, 2.45) is 0 Å². The molecule has 1 heterocycles. The predicted molar refractivity (Wildman–Crippen MR) is 70.2 cm³/mol. The topological polar surface area (TPSA) is 94.8 Å². The Morgan fingerprint density at radius 1 is 1.21 bits per heavy atom. The molecular formula is C13H13N3O3. The fraction of sp³-hybridized carbons (Fsp3) is 0.308. The highest BCUT2D eigenvalue weighted by molar-refractivity contribution is 5.80. The summed E-state index contributed by atoms with van der Waals surface area (Å²) in [7, 11) is 0. The summed E-state index contributed by atoms with van der Waals surface area (Å²) in [5.74, 6) is -0.0657. The van der Waals surface area contributed by atoms with Crippen molar-refractivity contribution in [3.8, 4) is 0 Å². The van der Waals surface area contributed by atoms with Gasteiger partial charge in [-0.05, 0) is 30.0 Å². The van der Waals surface area contributed by atoms with Crippen LogP contribution in [0.2, 0.25) is 0 Å². The first-order valence-corrected chi connectivity index (χ1v) is 6.09. The molecule has 0 spiro atoms. The molecule has 1 atom stereocenters. The first kappa shape index (κ1) is 11.7. The van der Waals surface area contributed by atoms with E-state index >= 15 is 0 Å². The Bertz CT molecular complexity index is 788. The van der Waals surface area contributed by atoms with Crippen LogP contribution in [0.4, 0.5) is 0 Å². The summed E-state index contributed by atoms with van der Waals surface area (Å²) >= 11 is 0. The SMILES string of the molecule is CC(=O)NC1Cc2ccc3[nH]c(=O)c(=O)[nH]c3c2C1. The highest BCUT2D eigenvalue weighted by Crippen LogP contribution is 2.27. The van der Waals surface area contributed by atoms with Crippen LogP contribution in [0.25, 0.3) is 11.0 Å². The largest absolute Gasteiger partial charge is 0.353 e. The number of H-pyrrole nitrogens is 2. The van der Waals surface area contributed by atoms with Crippen LogP contribution < -0.4 is 16.4 Å². The Hall–Kier alpha value is -2.37. The molecule has 3 N–H and O–H groups in total. The van der Waals surface area contributed by atoms with Gasteiger partial charge in [-0.2, -0.15) is 0 Å². The molecule has 0 aliphatic heterocycles. The van der Waals surface area contributed by atoms with Gasteiger partial charge in [0.1, 0.15) is 0 Å². The lowest BCUT2D eigenvalue weighted by Gasteiger charge is -2.08. The van der Waals surface area contributed by atoms with Gasteiger partial charge in [0.15, 0.2) is 0 Å². The quantitative estimate of drug-likeness (QED) is 0.620. The van der Waals surface area contributed by atoms with Crippen LogP contribution in [0.3, 0.4) is 0 Å². The van der Waals surface area contributed by atoms with E-state index in [-0.39, 0.29) is 11.9 Å². The van der Waals surface area contributed by atoms with Crippen molar-refractivity contribution in [3.63, 3.8) is 0 Å². The number of carbonyl (C=O) groups excluding carboxylic acids is 1. The maximum absolute atomic E-state index is 11.4. The average Bonchev–Trinajstić information content (AvgIpc) is 2.72. The van der Waals surface area contributed by atoms with Crippen LogP contribution in [-0.2, 0) is 17.6 Å². The second-order valence-corrected chi connectivity index (χ2v) is 4.84. The second-order valence-electron chi connectivity index (χ2n) is 4.84. The van der Waals surface area contributed by atoms with Gasteiger partial charge in [0.2, 0.25) is 5.91 Å². The Morgan fingerprint density at radius 2 is 1.95 bits per heavy atom. The van der Waals surface area contributed by atoms with Crippen LogP contribution in [-0.4, -0.2) is 21.9 Å². The summed E-state index contributed by atoms with van der Waals surface area (Å²) in [5, 5.41) is 2.88. The number of carbonyl (C=O) groups is 1. The Kier molecular flexibility index (Phi) is 2.51. The number of hydrogen-bond donors (Lipinski definition) is 3. The zero-order valence-electron chi connectivity index (χ0n) is 10.4. The molecule has 1 aromatic heterocycles. The highest BCUT2D eigenvalue weighted by Gasteiger charge is 2.24. The number of rotatable bonds is 1. The number of nitrogens with one attached hydrogen (secondary N) is 3. The van der Waals surface area contributed by atoms with Crippen molar-refractivity contribution in [1.29, 1.82) is 0 Å². The lowest BCUT2D eigenvalue weighted by molar-refractivity contribution is -0.119. The molecule has 19 heavy (non-hydrogen) atoms. The standard InChI is InChI=1S/C13H13N3O3/c1-6(17)14-8-4-7-2-3-10-11(9(7)5-8)16-13(19)12(18)15-10/h2-3,8H,4-5H2,1H3,(H,14,17)(H,15,18)(H,16,19). The molecule has 1 aromatic carbocycles. The number of amides is 1. The summed E-state index contributed by atoms with van der Waals surface area (Å²) < 4.78 is 0. The number of aromatic nitrogens is 2. The minimum Gasteiger partial charge on any atom is -0.353 e. The van der Waals surface area contributed by atoms with Gasteiger partial charge in [-0.1, -0.05) is 6.07 Å². The van der Waals surface area contributed by atoms with E-state index in [0.29, 0.717) is 17.5 Å². The van der Waals surface area contributed by atoms with Gasteiger partial charge in [0, 0.05) is 13.0 Å². The summed E-state index contributed by atoms with van der Waals surface area (Å²) in [6, 6.07) is 3.75. The van der Waals surface area contributed by atoms with Gasteiger partial charge in [-0.3, -0.25) is 14.4 Å². The van der Waals surface area contributed by atoms with Crippen LogP contribution in [0.15, 0.2) is 21.7 Å². The lowest BCUT2D eigenvalue weighted by Crippen LogP contribution is -2.33. The van der Waals surface area contributed by atoms with Crippen molar-refractivity contribution >= 4 is 16.9 Å². The molecule has 0 saturated heterocycles. The fourth-order valence-electron chi connectivity index (χ4n) is 2.69. The smallest absolute Gasteiger partial charge is 0.314 e. The van der Waals surface area contributed by atoms with E-state index in [9.17, 15) is 14.4 Å². The van der Waals surface area contributed by atoms with Gasteiger partial charge in [0.25, 0.3) is 0 Å². The molecule has 98 valence electrons. The van der Waals surface area contributed by atoms with E-state index in [4.69, 9.17) is 0 Å². The summed E-state index contributed by atoms with van der Waals surface area (Å²) in [5.41, 5.74) is 2.06. The van der Waals surface area contributed by atoms with E-state index < -0.39 is 11.1 Å². The third kappa shape index (κ3) is 1.95. The van der Waals surface area contributed by atoms with E-state index in [0.717, 1.165) is 17.5 Å². The molecule has 6 nitrogen and oxygen atoms in total. The van der Waals surface area contributed by atoms with Gasteiger partial charge in [-0.15, -0.1) is 0 Å². The zero-order valence-corrected chi connectivity index (χ0v) is 10.4. The average molecular weight is 259 g/mol. The van der Waals surface area contributed by atoms with Gasteiger partial charge in [-0.25, -0.2) is 0 Å². The molecule has 1 unspecified atom stereocenters. The maximum Gasteiger partial charge on any atom is 0.314 e. The Balaban J connectivity index is 2.12. The van der Waals surface area contributed by atoms with E-state index in [1.165, 1.54) is 6.92 Å². The first-order valence-electron chi connectivity index (χ1n) is 6.09. The number of hydrogen-bond acceptors (Lipinski definition) is 3. The minimum absolute atomic E-state index is 0.0496. The molecule has 1 aliphatic rings.